The Bertz CT molecular complexity index is 905. The molecule has 1 saturated heterocycles. The normalized spacial score (nSPS) is 16.6. The van der Waals surface area contributed by atoms with E-state index in [9.17, 15) is 13.2 Å². The quantitative estimate of drug-likeness (QED) is 0.755. The van der Waals surface area contributed by atoms with E-state index in [1.165, 1.54) is 14.7 Å². The highest BCUT2D eigenvalue weighted by Crippen LogP contribution is 2.28. The van der Waals surface area contributed by atoms with Crippen molar-refractivity contribution in [3.05, 3.63) is 33.3 Å². The molecule has 0 atom stereocenters. The fourth-order valence-corrected chi connectivity index (χ4v) is 6.21. The summed E-state index contributed by atoms with van der Waals surface area (Å²) in [4.78, 5) is 15.9. The fourth-order valence-electron chi connectivity index (χ4n) is 3.49. The highest BCUT2D eigenvalue weighted by atomic mass is 32.2. The number of rotatable bonds is 5. The first-order valence-corrected chi connectivity index (χ1v) is 11.2. The second-order valence-corrected chi connectivity index (χ2v) is 9.93. The lowest BCUT2D eigenvalue weighted by Gasteiger charge is -2.32. The highest BCUT2D eigenvalue weighted by Gasteiger charge is 2.36. The van der Waals surface area contributed by atoms with Gasteiger partial charge in [0.25, 0.3) is 0 Å². The third kappa shape index (κ3) is 3.95. The van der Waals surface area contributed by atoms with Crippen molar-refractivity contribution < 1.29 is 17.7 Å². The summed E-state index contributed by atoms with van der Waals surface area (Å²) in [5.74, 6) is 0.236. The maximum Gasteiger partial charge on any atom is 0.248 e. The van der Waals surface area contributed by atoms with Gasteiger partial charge in [0.2, 0.25) is 15.9 Å². The van der Waals surface area contributed by atoms with Gasteiger partial charge in [0, 0.05) is 30.9 Å². The Kier molecular flexibility index (Phi) is 5.73. The first-order valence-electron chi connectivity index (χ1n) is 8.92. The standard InChI is InChI=1S/C18H25N3O4S2/c1-12-7-10-26-16(12)11-20(4)18(22)15-5-8-21(9-6-15)27(23,24)17-13(2)19-25-14(17)3/h7,10,15H,5-6,8-9,11H2,1-4H3. The Morgan fingerprint density at radius 3 is 2.52 bits per heavy atom. The first-order chi connectivity index (χ1) is 12.7. The van der Waals surface area contributed by atoms with Gasteiger partial charge < -0.3 is 9.42 Å². The van der Waals surface area contributed by atoms with E-state index >= 15 is 0 Å². The van der Waals surface area contributed by atoms with Gasteiger partial charge >= 0.3 is 0 Å². The summed E-state index contributed by atoms with van der Waals surface area (Å²) < 4.78 is 32.2. The number of nitrogens with zero attached hydrogens (tertiary/aromatic N) is 3. The van der Waals surface area contributed by atoms with Crippen molar-refractivity contribution in [2.45, 2.75) is 45.1 Å². The number of hydrogen-bond donors (Lipinski definition) is 0. The zero-order valence-corrected chi connectivity index (χ0v) is 17.7. The van der Waals surface area contributed by atoms with Crippen LogP contribution < -0.4 is 0 Å². The van der Waals surface area contributed by atoms with Crippen LogP contribution in [0.4, 0.5) is 0 Å². The number of piperidine rings is 1. The molecule has 0 unspecified atom stereocenters. The number of thiophene rings is 1. The third-order valence-electron chi connectivity index (χ3n) is 5.09. The maximum absolute atomic E-state index is 12.9. The number of carbonyl (C=O) groups is 1. The van der Waals surface area contributed by atoms with Crippen molar-refractivity contribution in [1.82, 2.24) is 14.4 Å². The average Bonchev–Trinajstić information content (AvgIpc) is 3.19. The van der Waals surface area contributed by atoms with Crippen LogP contribution in [-0.4, -0.2) is 48.8 Å². The molecule has 0 radical (unpaired) electrons. The van der Waals surface area contributed by atoms with E-state index < -0.39 is 10.0 Å². The third-order valence-corrected chi connectivity index (χ3v) is 8.25. The SMILES string of the molecule is Cc1ccsc1CN(C)C(=O)C1CCN(S(=O)(=O)c2c(C)noc2C)CC1. The maximum atomic E-state index is 12.9. The van der Waals surface area contributed by atoms with Gasteiger partial charge in [0.1, 0.15) is 10.6 Å². The van der Waals surface area contributed by atoms with E-state index in [2.05, 4.69) is 11.2 Å². The van der Waals surface area contributed by atoms with Crippen molar-refractivity contribution in [3.8, 4) is 0 Å². The Balaban J connectivity index is 1.63. The molecule has 0 spiro atoms. The lowest BCUT2D eigenvalue weighted by molar-refractivity contribution is -0.135. The van der Waals surface area contributed by atoms with Crippen LogP contribution in [0.25, 0.3) is 0 Å². The predicted molar refractivity (Wildman–Crippen MR) is 103 cm³/mol. The molecule has 3 heterocycles. The molecular weight excluding hydrogens is 386 g/mol. The Hall–Kier alpha value is -1.71. The van der Waals surface area contributed by atoms with Gasteiger partial charge in [-0.3, -0.25) is 4.79 Å². The molecule has 0 saturated carbocycles. The minimum atomic E-state index is -3.64. The van der Waals surface area contributed by atoms with Crippen molar-refractivity contribution in [2.24, 2.45) is 5.92 Å². The van der Waals surface area contributed by atoms with Crippen LogP contribution in [0.1, 0.15) is 34.7 Å². The monoisotopic (exact) mass is 411 g/mol. The van der Waals surface area contributed by atoms with E-state index in [0.29, 0.717) is 43.9 Å². The topological polar surface area (TPSA) is 83.7 Å². The number of hydrogen-bond acceptors (Lipinski definition) is 6. The number of aromatic nitrogens is 1. The average molecular weight is 412 g/mol. The lowest BCUT2D eigenvalue weighted by Crippen LogP contribution is -2.43. The number of sulfonamides is 1. The van der Waals surface area contributed by atoms with Crippen LogP contribution in [0.5, 0.6) is 0 Å². The van der Waals surface area contributed by atoms with E-state index in [0.717, 1.165) is 0 Å². The fraction of sp³-hybridized carbons (Fsp3) is 0.556. The molecule has 9 heteroatoms. The summed E-state index contributed by atoms with van der Waals surface area (Å²) in [5, 5.41) is 5.77. The first kappa shape index (κ1) is 20.0. The molecule has 1 fully saturated rings. The van der Waals surface area contributed by atoms with Crippen LogP contribution in [0.15, 0.2) is 20.9 Å². The number of aryl methyl sites for hydroxylation is 3. The minimum absolute atomic E-state index is 0.0807. The summed E-state index contributed by atoms with van der Waals surface area (Å²) in [6, 6.07) is 2.05. The van der Waals surface area contributed by atoms with Crippen LogP contribution in [0.3, 0.4) is 0 Å². The molecule has 148 valence electrons. The molecule has 0 aromatic carbocycles. The van der Waals surface area contributed by atoms with Gasteiger partial charge in [0.15, 0.2) is 5.76 Å². The predicted octanol–water partition coefficient (Wildman–Crippen LogP) is 2.72. The molecule has 3 rings (SSSR count). The molecule has 0 bridgehead atoms. The van der Waals surface area contributed by atoms with Crippen molar-refractivity contribution in [2.75, 3.05) is 20.1 Å². The molecule has 7 nitrogen and oxygen atoms in total. The van der Waals surface area contributed by atoms with E-state index in [1.54, 1.807) is 30.1 Å². The van der Waals surface area contributed by atoms with Crippen molar-refractivity contribution >= 4 is 27.3 Å². The molecule has 0 N–H and O–H groups in total. The number of amides is 1. The van der Waals surface area contributed by atoms with Crippen LogP contribution >= 0.6 is 11.3 Å². The second kappa shape index (κ2) is 7.73. The van der Waals surface area contributed by atoms with Gasteiger partial charge in [-0.15, -0.1) is 11.3 Å². The summed E-state index contributed by atoms with van der Waals surface area (Å²) in [5.41, 5.74) is 1.57. The lowest BCUT2D eigenvalue weighted by atomic mass is 9.96. The Labute approximate surface area is 164 Å². The van der Waals surface area contributed by atoms with E-state index in [4.69, 9.17) is 4.52 Å². The smallest absolute Gasteiger partial charge is 0.248 e. The molecule has 1 aliphatic heterocycles. The van der Waals surface area contributed by atoms with Crippen LogP contribution in [0.2, 0.25) is 0 Å². The van der Waals surface area contributed by atoms with E-state index in [-0.39, 0.29) is 16.7 Å². The van der Waals surface area contributed by atoms with Crippen LogP contribution in [-0.2, 0) is 21.4 Å². The highest BCUT2D eigenvalue weighted by molar-refractivity contribution is 7.89. The Morgan fingerprint density at radius 2 is 2.00 bits per heavy atom. The summed E-state index contributed by atoms with van der Waals surface area (Å²) >= 11 is 1.65. The van der Waals surface area contributed by atoms with Crippen molar-refractivity contribution in [3.63, 3.8) is 0 Å². The Morgan fingerprint density at radius 1 is 1.33 bits per heavy atom. The zero-order chi connectivity index (χ0) is 19.8. The molecule has 0 aliphatic carbocycles. The second-order valence-electron chi connectivity index (χ2n) is 7.05. The molecule has 2 aromatic rings. The number of carbonyl (C=O) groups excluding carboxylic acids is 1. The van der Waals surface area contributed by atoms with Gasteiger partial charge in [-0.05, 0) is 50.6 Å². The molecule has 2 aromatic heterocycles. The molecule has 1 aliphatic rings. The summed E-state index contributed by atoms with van der Waals surface area (Å²) in [6.07, 6.45) is 1.05. The molecule has 27 heavy (non-hydrogen) atoms. The largest absolute Gasteiger partial charge is 0.360 e. The van der Waals surface area contributed by atoms with Gasteiger partial charge in [-0.25, -0.2) is 8.42 Å². The summed E-state index contributed by atoms with van der Waals surface area (Å²) in [7, 11) is -1.83. The zero-order valence-electron chi connectivity index (χ0n) is 16.1. The van der Waals surface area contributed by atoms with Crippen molar-refractivity contribution in [1.29, 1.82) is 0 Å². The minimum Gasteiger partial charge on any atom is -0.360 e. The summed E-state index contributed by atoms with van der Waals surface area (Å²) in [6.45, 7) is 6.53. The van der Waals surface area contributed by atoms with Crippen LogP contribution in [0, 0.1) is 26.7 Å². The van der Waals surface area contributed by atoms with E-state index in [1.807, 2.05) is 19.4 Å². The van der Waals surface area contributed by atoms with Gasteiger partial charge in [-0.2, -0.15) is 4.31 Å². The molecule has 1 amide bonds. The molecular formula is C18H25N3O4S2. The van der Waals surface area contributed by atoms with Gasteiger partial charge in [0.05, 0.1) is 6.54 Å². The van der Waals surface area contributed by atoms with Gasteiger partial charge in [-0.1, -0.05) is 5.16 Å².